The van der Waals surface area contributed by atoms with Crippen LogP contribution < -0.4 is 10.6 Å². The van der Waals surface area contributed by atoms with Crippen molar-refractivity contribution in [1.82, 2.24) is 10.6 Å². The summed E-state index contributed by atoms with van der Waals surface area (Å²) in [6.45, 7) is 1.22. The molecule has 4 nitrogen and oxygen atoms in total. The van der Waals surface area contributed by atoms with Crippen molar-refractivity contribution in [2.45, 2.75) is 43.7 Å². The molecule has 1 amide bonds. The monoisotopic (exact) mass is 274 g/mol. The van der Waals surface area contributed by atoms with Gasteiger partial charge in [0, 0.05) is 19.0 Å². The van der Waals surface area contributed by atoms with E-state index in [1.807, 2.05) is 0 Å². The third-order valence-corrected chi connectivity index (χ3v) is 4.44. The van der Waals surface area contributed by atoms with E-state index in [1.165, 1.54) is 17.5 Å². The highest BCUT2D eigenvalue weighted by Crippen LogP contribution is 2.30. The van der Waals surface area contributed by atoms with Crippen LogP contribution in [0.4, 0.5) is 0 Å². The summed E-state index contributed by atoms with van der Waals surface area (Å²) in [5, 5.41) is 15.5. The highest BCUT2D eigenvalue weighted by atomic mass is 16.3. The Morgan fingerprint density at radius 1 is 1.40 bits per heavy atom. The van der Waals surface area contributed by atoms with Crippen molar-refractivity contribution in [2.24, 2.45) is 0 Å². The standard InChI is InChI=1S/C16H22N2O2/c19-13-8-15(17-10-13)16(20)18-9-12-6-3-5-11-4-1-2-7-14(11)12/h1-2,4,7,12-13,15,17,19H,3,5-6,8-10H2,(H,18,20)/t12-,13+,15+/m0/s1. The minimum Gasteiger partial charge on any atom is -0.392 e. The van der Waals surface area contributed by atoms with Gasteiger partial charge in [0.05, 0.1) is 12.1 Å². The van der Waals surface area contributed by atoms with Crippen molar-refractivity contribution >= 4 is 5.91 Å². The molecule has 0 aromatic heterocycles. The maximum absolute atomic E-state index is 12.1. The number of benzene rings is 1. The van der Waals surface area contributed by atoms with E-state index in [4.69, 9.17) is 0 Å². The molecule has 0 spiro atoms. The van der Waals surface area contributed by atoms with Crippen molar-refractivity contribution in [3.05, 3.63) is 35.4 Å². The minimum atomic E-state index is -0.388. The fourth-order valence-corrected chi connectivity index (χ4v) is 3.33. The van der Waals surface area contributed by atoms with Crippen LogP contribution in [0.25, 0.3) is 0 Å². The zero-order chi connectivity index (χ0) is 13.9. The predicted molar refractivity (Wildman–Crippen MR) is 77.5 cm³/mol. The second-order valence-corrected chi connectivity index (χ2v) is 5.88. The van der Waals surface area contributed by atoms with Gasteiger partial charge in [0.25, 0.3) is 0 Å². The molecule has 0 saturated carbocycles. The molecular weight excluding hydrogens is 252 g/mol. The summed E-state index contributed by atoms with van der Waals surface area (Å²) in [4.78, 5) is 12.1. The molecule has 4 heteroatoms. The van der Waals surface area contributed by atoms with Crippen LogP contribution in [0.3, 0.4) is 0 Å². The molecule has 1 aliphatic carbocycles. The molecule has 1 aliphatic heterocycles. The smallest absolute Gasteiger partial charge is 0.237 e. The van der Waals surface area contributed by atoms with Crippen LogP contribution in [0, 0.1) is 0 Å². The Balaban J connectivity index is 1.58. The molecule has 3 atom stereocenters. The Kier molecular flexibility index (Phi) is 4.03. The van der Waals surface area contributed by atoms with E-state index >= 15 is 0 Å². The number of aryl methyl sites for hydroxylation is 1. The largest absolute Gasteiger partial charge is 0.392 e. The Bertz CT molecular complexity index is 489. The summed E-state index contributed by atoms with van der Waals surface area (Å²) in [7, 11) is 0. The van der Waals surface area contributed by atoms with Crippen LogP contribution in [0.1, 0.15) is 36.3 Å². The summed E-state index contributed by atoms with van der Waals surface area (Å²) in [5.74, 6) is 0.444. The van der Waals surface area contributed by atoms with Crippen LogP contribution in [0.5, 0.6) is 0 Å². The van der Waals surface area contributed by atoms with Crippen molar-refractivity contribution in [3.63, 3.8) is 0 Å². The molecule has 0 radical (unpaired) electrons. The molecule has 1 saturated heterocycles. The SMILES string of the molecule is O=C(NC[C@@H]1CCCc2ccccc21)[C@H]1C[C@@H](O)CN1. The van der Waals surface area contributed by atoms with Gasteiger partial charge in [-0.25, -0.2) is 0 Å². The van der Waals surface area contributed by atoms with Gasteiger partial charge >= 0.3 is 0 Å². The average Bonchev–Trinajstić information content (AvgIpc) is 2.91. The van der Waals surface area contributed by atoms with Crippen molar-refractivity contribution in [1.29, 1.82) is 0 Å². The summed E-state index contributed by atoms with van der Waals surface area (Å²) < 4.78 is 0. The van der Waals surface area contributed by atoms with Gasteiger partial charge in [-0.1, -0.05) is 24.3 Å². The van der Waals surface area contributed by atoms with Crippen LogP contribution in [0.2, 0.25) is 0 Å². The Labute approximate surface area is 119 Å². The number of carbonyl (C=O) groups is 1. The van der Waals surface area contributed by atoms with Gasteiger partial charge in [-0.2, -0.15) is 0 Å². The number of aliphatic hydroxyl groups is 1. The van der Waals surface area contributed by atoms with Crippen LogP contribution >= 0.6 is 0 Å². The first-order chi connectivity index (χ1) is 9.74. The molecule has 20 heavy (non-hydrogen) atoms. The van der Waals surface area contributed by atoms with Gasteiger partial charge < -0.3 is 15.7 Å². The Morgan fingerprint density at radius 2 is 2.25 bits per heavy atom. The first kappa shape index (κ1) is 13.6. The Hall–Kier alpha value is -1.39. The van der Waals surface area contributed by atoms with E-state index in [0.717, 1.165) is 12.8 Å². The van der Waals surface area contributed by atoms with Gasteiger partial charge in [-0.05, 0) is 36.8 Å². The molecule has 3 N–H and O–H groups in total. The summed E-state index contributed by atoms with van der Waals surface area (Å²) in [6.07, 6.45) is 3.61. The van der Waals surface area contributed by atoms with Gasteiger partial charge in [0.15, 0.2) is 0 Å². The van der Waals surface area contributed by atoms with Gasteiger partial charge in [-0.3, -0.25) is 4.79 Å². The van der Waals surface area contributed by atoms with Gasteiger partial charge in [-0.15, -0.1) is 0 Å². The van der Waals surface area contributed by atoms with Crippen LogP contribution in [-0.4, -0.2) is 36.2 Å². The highest BCUT2D eigenvalue weighted by molar-refractivity contribution is 5.82. The second kappa shape index (κ2) is 5.94. The third-order valence-electron chi connectivity index (χ3n) is 4.44. The molecule has 1 fully saturated rings. The Morgan fingerprint density at radius 3 is 3.05 bits per heavy atom. The molecule has 0 unspecified atom stereocenters. The fourth-order valence-electron chi connectivity index (χ4n) is 3.33. The lowest BCUT2D eigenvalue weighted by atomic mass is 9.83. The number of nitrogens with one attached hydrogen (secondary N) is 2. The van der Waals surface area contributed by atoms with E-state index in [1.54, 1.807) is 0 Å². The van der Waals surface area contributed by atoms with E-state index in [9.17, 15) is 9.90 Å². The molecule has 3 rings (SSSR count). The number of amides is 1. The topological polar surface area (TPSA) is 61.4 Å². The fraction of sp³-hybridized carbons (Fsp3) is 0.562. The lowest BCUT2D eigenvalue weighted by molar-refractivity contribution is -0.123. The van der Waals surface area contributed by atoms with E-state index in [2.05, 4.69) is 34.9 Å². The normalized spacial score (nSPS) is 28.9. The maximum atomic E-state index is 12.1. The molecule has 1 aromatic rings. The van der Waals surface area contributed by atoms with E-state index in [-0.39, 0.29) is 18.1 Å². The first-order valence-corrected chi connectivity index (χ1v) is 7.51. The number of β-amino-alcohol motifs (C(OH)–C–C–N with tert-alkyl or cyclic N) is 1. The molecule has 1 heterocycles. The van der Waals surface area contributed by atoms with Crippen LogP contribution in [0.15, 0.2) is 24.3 Å². The van der Waals surface area contributed by atoms with Gasteiger partial charge in [0.2, 0.25) is 5.91 Å². The van der Waals surface area contributed by atoms with Gasteiger partial charge in [0.1, 0.15) is 0 Å². The zero-order valence-corrected chi connectivity index (χ0v) is 11.6. The first-order valence-electron chi connectivity index (χ1n) is 7.51. The highest BCUT2D eigenvalue weighted by Gasteiger charge is 2.28. The number of carbonyl (C=O) groups excluding carboxylic acids is 1. The zero-order valence-electron chi connectivity index (χ0n) is 11.6. The summed E-state index contributed by atoms with van der Waals surface area (Å²) in [5.41, 5.74) is 2.81. The van der Waals surface area contributed by atoms with Crippen molar-refractivity contribution in [3.8, 4) is 0 Å². The number of hydrogen-bond donors (Lipinski definition) is 3. The average molecular weight is 274 g/mol. The number of aliphatic hydroxyl groups excluding tert-OH is 1. The summed E-state index contributed by atoms with van der Waals surface area (Å²) >= 11 is 0. The maximum Gasteiger partial charge on any atom is 0.237 e. The minimum absolute atomic E-state index is 0.0182. The molecule has 1 aromatic carbocycles. The molecular formula is C16H22N2O2. The number of fused-ring (bicyclic) bond motifs is 1. The third kappa shape index (κ3) is 2.86. The van der Waals surface area contributed by atoms with Crippen LogP contribution in [-0.2, 0) is 11.2 Å². The number of hydrogen-bond acceptors (Lipinski definition) is 3. The molecule has 0 bridgehead atoms. The van der Waals surface area contributed by atoms with Crippen molar-refractivity contribution < 1.29 is 9.90 Å². The van der Waals surface area contributed by atoms with E-state index in [0.29, 0.717) is 25.4 Å². The second-order valence-electron chi connectivity index (χ2n) is 5.88. The quantitative estimate of drug-likeness (QED) is 0.769. The van der Waals surface area contributed by atoms with Crippen molar-refractivity contribution in [2.75, 3.05) is 13.1 Å². The van der Waals surface area contributed by atoms with E-state index < -0.39 is 0 Å². The summed E-state index contributed by atoms with van der Waals surface area (Å²) in [6, 6.07) is 8.31. The molecule has 108 valence electrons. The predicted octanol–water partition coefficient (Wildman–Crippen LogP) is 0.945. The lowest BCUT2D eigenvalue weighted by Gasteiger charge is -2.26. The molecule has 2 aliphatic rings. The lowest BCUT2D eigenvalue weighted by Crippen LogP contribution is -2.42. The number of rotatable bonds is 3.